The van der Waals surface area contributed by atoms with Gasteiger partial charge in [-0.2, -0.15) is 0 Å². The molecule has 1 aliphatic heterocycles. The normalized spacial score (nSPS) is 13.9. The highest BCUT2D eigenvalue weighted by atomic mass is 16.2. The largest absolute Gasteiger partial charge is 0.335 e. The number of hydrogen-bond acceptors (Lipinski definition) is 3. The SMILES string of the molecule is CCc1ccccc1NC(=O)CN(C)C(=O)C(C)N1Cc2ccccc2-c2ccccc2C1. The molecule has 1 atom stereocenters. The van der Waals surface area contributed by atoms with Crippen molar-refractivity contribution in [2.24, 2.45) is 0 Å². The van der Waals surface area contributed by atoms with Crippen LogP contribution in [0.25, 0.3) is 11.1 Å². The summed E-state index contributed by atoms with van der Waals surface area (Å²) in [5.74, 6) is -0.253. The number of aryl methyl sites for hydroxylation is 1. The van der Waals surface area contributed by atoms with E-state index in [0.29, 0.717) is 13.1 Å². The lowest BCUT2D eigenvalue weighted by molar-refractivity contribution is -0.138. The maximum Gasteiger partial charge on any atom is 0.243 e. The van der Waals surface area contributed by atoms with E-state index < -0.39 is 0 Å². The number of hydrogen-bond donors (Lipinski definition) is 1. The molecule has 1 aliphatic rings. The Morgan fingerprint density at radius 1 is 0.909 bits per heavy atom. The first kappa shape index (κ1) is 22.7. The Morgan fingerprint density at radius 2 is 1.45 bits per heavy atom. The molecule has 2 amide bonds. The van der Waals surface area contributed by atoms with Gasteiger partial charge in [0.25, 0.3) is 0 Å². The van der Waals surface area contributed by atoms with E-state index in [1.165, 1.54) is 27.2 Å². The zero-order chi connectivity index (χ0) is 23.4. The molecule has 1 N–H and O–H groups in total. The molecular weight excluding hydrogens is 410 g/mol. The highest BCUT2D eigenvalue weighted by molar-refractivity contribution is 5.95. The Kier molecular flexibility index (Phi) is 6.90. The van der Waals surface area contributed by atoms with E-state index in [0.717, 1.165) is 17.7 Å². The Labute approximate surface area is 196 Å². The van der Waals surface area contributed by atoms with Crippen molar-refractivity contribution < 1.29 is 9.59 Å². The fourth-order valence-corrected chi connectivity index (χ4v) is 4.52. The van der Waals surface area contributed by atoms with Gasteiger partial charge >= 0.3 is 0 Å². The summed E-state index contributed by atoms with van der Waals surface area (Å²) < 4.78 is 0. The predicted octanol–water partition coefficient (Wildman–Crippen LogP) is 4.72. The van der Waals surface area contributed by atoms with E-state index in [9.17, 15) is 9.59 Å². The third-order valence-electron chi connectivity index (χ3n) is 6.41. The van der Waals surface area contributed by atoms with Gasteiger partial charge in [-0.05, 0) is 47.2 Å². The summed E-state index contributed by atoms with van der Waals surface area (Å²) in [6, 6.07) is 24.2. The number of likely N-dealkylation sites (N-methyl/N-ethyl adjacent to an activating group) is 1. The highest BCUT2D eigenvalue weighted by Crippen LogP contribution is 2.33. The van der Waals surface area contributed by atoms with Crippen molar-refractivity contribution in [2.45, 2.75) is 39.4 Å². The van der Waals surface area contributed by atoms with Crippen molar-refractivity contribution in [3.8, 4) is 11.1 Å². The minimum absolute atomic E-state index is 0.0161. The van der Waals surface area contributed by atoms with Gasteiger partial charge in [0.1, 0.15) is 0 Å². The summed E-state index contributed by atoms with van der Waals surface area (Å²) in [5, 5.41) is 2.96. The topological polar surface area (TPSA) is 52.7 Å². The second-order valence-electron chi connectivity index (χ2n) is 8.65. The first-order chi connectivity index (χ1) is 16.0. The summed E-state index contributed by atoms with van der Waals surface area (Å²) in [7, 11) is 1.70. The highest BCUT2D eigenvalue weighted by Gasteiger charge is 2.28. The van der Waals surface area contributed by atoms with Gasteiger partial charge in [-0.3, -0.25) is 14.5 Å². The van der Waals surface area contributed by atoms with Gasteiger partial charge in [0.2, 0.25) is 11.8 Å². The number of anilines is 1. The van der Waals surface area contributed by atoms with Gasteiger partial charge in [-0.1, -0.05) is 73.7 Å². The van der Waals surface area contributed by atoms with Crippen molar-refractivity contribution in [1.29, 1.82) is 0 Å². The molecule has 0 saturated heterocycles. The molecule has 5 nitrogen and oxygen atoms in total. The molecule has 33 heavy (non-hydrogen) atoms. The molecule has 0 radical (unpaired) electrons. The number of fused-ring (bicyclic) bond motifs is 3. The number of nitrogens with one attached hydrogen (secondary N) is 1. The smallest absolute Gasteiger partial charge is 0.243 e. The molecule has 0 bridgehead atoms. The second kappa shape index (κ2) is 10.0. The van der Waals surface area contributed by atoms with Crippen molar-refractivity contribution in [1.82, 2.24) is 9.80 Å². The summed E-state index contributed by atoms with van der Waals surface area (Å²) in [6.45, 7) is 5.37. The monoisotopic (exact) mass is 441 g/mol. The average Bonchev–Trinajstić information content (AvgIpc) is 3.00. The van der Waals surface area contributed by atoms with E-state index in [1.807, 2.05) is 43.3 Å². The molecule has 170 valence electrons. The molecule has 0 aromatic heterocycles. The van der Waals surface area contributed by atoms with Crippen LogP contribution in [0, 0.1) is 0 Å². The maximum atomic E-state index is 13.3. The number of benzene rings is 3. The van der Waals surface area contributed by atoms with Crippen molar-refractivity contribution in [2.75, 3.05) is 18.9 Å². The number of amides is 2. The van der Waals surface area contributed by atoms with Gasteiger partial charge in [-0.15, -0.1) is 0 Å². The van der Waals surface area contributed by atoms with Crippen LogP contribution < -0.4 is 5.32 Å². The second-order valence-corrected chi connectivity index (χ2v) is 8.65. The van der Waals surface area contributed by atoms with Crippen LogP contribution in [0.5, 0.6) is 0 Å². The van der Waals surface area contributed by atoms with E-state index >= 15 is 0 Å². The Bertz CT molecular complexity index is 1110. The van der Waals surface area contributed by atoms with Gasteiger partial charge < -0.3 is 10.2 Å². The summed E-state index contributed by atoms with van der Waals surface area (Å²) in [5.41, 5.74) is 6.74. The molecule has 1 unspecified atom stereocenters. The zero-order valence-corrected chi connectivity index (χ0v) is 19.5. The number of carbonyl (C=O) groups is 2. The van der Waals surface area contributed by atoms with E-state index in [2.05, 4.69) is 53.5 Å². The van der Waals surface area contributed by atoms with Crippen molar-refractivity contribution in [3.05, 3.63) is 89.5 Å². The molecule has 1 heterocycles. The minimum atomic E-state index is -0.357. The molecule has 0 saturated carbocycles. The molecule has 0 fully saturated rings. The zero-order valence-electron chi connectivity index (χ0n) is 19.5. The van der Waals surface area contributed by atoms with Gasteiger partial charge in [0, 0.05) is 25.8 Å². The third-order valence-corrected chi connectivity index (χ3v) is 6.41. The van der Waals surface area contributed by atoms with Crippen LogP contribution in [0.15, 0.2) is 72.8 Å². The Morgan fingerprint density at radius 3 is 2.06 bits per heavy atom. The average molecular weight is 442 g/mol. The summed E-state index contributed by atoms with van der Waals surface area (Å²) in [6.07, 6.45) is 0.833. The fraction of sp³-hybridized carbons (Fsp3) is 0.286. The molecule has 3 aromatic carbocycles. The lowest BCUT2D eigenvalue weighted by Gasteiger charge is -2.30. The van der Waals surface area contributed by atoms with Crippen LogP contribution in [0.1, 0.15) is 30.5 Å². The summed E-state index contributed by atoms with van der Waals surface area (Å²) >= 11 is 0. The van der Waals surface area contributed by atoms with E-state index in [-0.39, 0.29) is 24.4 Å². The quantitative estimate of drug-likeness (QED) is 0.602. The van der Waals surface area contributed by atoms with Crippen LogP contribution in [0.4, 0.5) is 5.69 Å². The first-order valence-electron chi connectivity index (χ1n) is 11.5. The Hall–Kier alpha value is -3.44. The molecule has 5 heteroatoms. The fourth-order valence-electron chi connectivity index (χ4n) is 4.52. The minimum Gasteiger partial charge on any atom is -0.335 e. The van der Waals surface area contributed by atoms with Crippen LogP contribution in [-0.2, 0) is 29.1 Å². The molecular formula is C28H31N3O2. The summed E-state index contributed by atoms with van der Waals surface area (Å²) in [4.78, 5) is 29.7. The third kappa shape index (κ3) is 4.99. The van der Waals surface area contributed by atoms with Gasteiger partial charge in [0.15, 0.2) is 0 Å². The van der Waals surface area contributed by atoms with E-state index in [4.69, 9.17) is 0 Å². The number of nitrogens with zero attached hydrogens (tertiary/aromatic N) is 2. The van der Waals surface area contributed by atoms with Crippen molar-refractivity contribution in [3.63, 3.8) is 0 Å². The molecule has 3 aromatic rings. The van der Waals surface area contributed by atoms with Crippen molar-refractivity contribution >= 4 is 17.5 Å². The molecule has 0 spiro atoms. The number of carbonyl (C=O) groups excluding carboxylic acids is 2. The number of rotatable bonds is 6. The lowest BCUT2D eigenvalue weighted by atomic mass is 9.97. The Balaban J connectivity index is 1.47. The van der Waals surface area contributed by atoms with E-state index in [1.54, 1.807) is 7.05 Å². The standard InChI is InChI=1S/C28H31N3O2/c1-4-21-11-7-10-16-26(21)29-27(32)19-30(3)28(33)20(2)31-17-22-12-5-8-14-24(22)25-15-9-6-13-23(25)18-31/h5-16,20H,4,17-19H2,1-3H3,(H,29,32). The van der Waals surface area contributed by atoms with Crippen LogP contribution in [0.2, 0.25) is 0 Å². The van der Waals surface area contributed by atoms with Gasteiger partial charge in [0.05, 0.1) is 12.6 Å². The molecule has 4 rings (SSSR count). The predicted molar refractivity (Wildman–Crippen MR) is 133 cm³/mol. The lowest BCUT2D eigenvalue weighted by Crippen LogP contribution is -2.47. The first-order valence-corrected chi connectivity index (χ1v) is 11.5. The van der Waals surface area contributed by atoms with Gasteiger partial charge in [-0.25, -0.2) is 0 Å². The van der Waals surface area contributed by atoms with Crippen LogP contribution in [0.3, 0.4) is 0 Å². The maximum absolute atomic E-state index is 13.3. The molecule has 0 aliphatic carbocycles. The number of para-hydroxylation sites is 1. The van der Waals surface area contributed by atoms with Crippen LogP contribution >= 0.6 is 0 Å². The van der Waals surface area contributed by atoms with Crippen LogP contribution in [-0.4, -0.2) is 41.2 Å².